The quantitative estimate of drug-likeness (QED) is 0.793. The number of carbonyl (C=O) groups excluding carboxylic acids is 1. The number of likely N-dealkylation sites (tertiary alicyclic amines) is 1. The maximum absolute atomic E-state index is 11.8. The van der Waals surface area contributed by atoms with E-state index < -0.39 is 11.4 Å². The van der Waals surface area contributed by atoms with E-state index in [4.69, 9.17) is 0 Å². The van der Waals surface area contributed by atoms with Crippen LogP contribution in [0.4, 0.5) is 0 Å². The summed E-state index contributed by atoms with van der Waals surface area (Å²) in [7, 11) is 0. The highest BCUT2D eigenvalue weighted by molar-refractivity contribution is 5.87. The lowest BCUT2D eigenvalue weighted by Gasteiger charge is -2.39. The Labute approximate surface area is 94.9 Å². The standard InChI is InChI=1S/C12H17NO3/c1-2-8-13-9-4-3-6-12(9,11(15)16)7-5-10(13)14/h4H,2-3,5-8H2,1H3,(H,15,16)/t12-/m0/s1. The van der Waals surface area contributed by atoms with E-state index in [1.165, 1.54) is 0 Å². The van der Waals surface area contributed by atoms with Gasteiger partial charge in [0, 0.05) is 18.7 Å². The zero-order chi connectivity index (χ0) is 11.8. The summed E-state index contributed by atoms with van der Waals surface area (Å²) in [5.74, 6) is -0.697. The molecule has 1 fully saturated rings. The fourth-order valence-corrected chi connectivity index (χ4v) is 2.78. The first-order valence-electron chi connectivity index (χ1n) is 5.86. The van der Waals surface area contributed by atoms with E-state index in [0.717, 1.165) is 18.5 Å². The van der Waals surface area contributed by atoms with Gasteiger partial charge in [0.15, 0.2) is 0 Å². The molecule has 0 aromatic carbocycles. The third-order valence-electron chi connectivity index (χ3n) is 3.61. The summed E-state index contributed by atoms with van der Waals surface area (Å²) in [6.45, 7) is 2.64. The Morgan fingerprint density at radius 2 is 2.31 bits per heavy atom. The summed E-state index contributed by atoms with van der Waals surface area (Å²) < 4.78 is 0. The van der Waals surface area contributed by atoms with Crippen molar-refractivity contribution in [2.45, 2.75) is 39.0 Å². The van der Waals surface area contributed by atoms with Crippen LogP contribution in [0.15, 0.2) is 11.8 Å². The highest BCUT2D eigenvalue weighted by Crippen LogP contribution is 2.48. The molecule has 1 heterocycles. The SMILES string of the molecule is CCCN1C(=O)CC[C@@]2(C(=O)O)CCC=C12. The molecule has 1 aliphatic carbocycles. The van der Waals surface area contributed by atoms with Crippen LogP contribution in [-0.2, 0) is 9.59 Å². The molecule has 88 valence electrons. The van der Waals surface area contributed by atoms with Crippen LogP contribution >= 0.6 is 0 Å². The van der Waals surface area contributed by atoms with E-state index in [-0.39, 0.29) is 5.91 Å². The van der Waals surface area contributed by atoms with Gasteiger partial charge in [-0.2, -0.15) is 0 Å². The second kappa shape index (κ2) is 3.92. The summed E-state index contributed by atoms with van der Waals surface area (Å²) >= 11 is 0. The van der Waals surface area contributed by atoms with Gasteiger partial charge >= 0.3 is 5.97 Å². The van der Waals surface area contributed by atoms with Gasteiger partial charge in [-0.25, -0.2) is 0 Å². The number of amides is 1. The van der Waals surface area contributed by atoms with Gasteiger partial charge in [0.2, 0.25) is 5.91 Å². The first-order valence-corrected chi connectivity index (χ1v) is 5.86. The lowest BCUT2D eigenvalue weighted by Crippen LogP contribution is -2.46. The molecule has 1 amide bonds. The average Bonchev–Trinajstić information content (AvgIpc) is 2.67. The Morgan fingerprint density at radius 1 is 1.56 bits per heavy atom. The number of carboxylic acid groups (broad SMARTS) is 1. The van der Waals surface area contributed by atoms with Gasteiger partial charge in [-0.15, -0.1) is 0 Å². The summed E-state index contributed by atoms with van der Waals surface area (Å²) in [6, 6.07) is 0. The summed E-state index contributed by atoms with van der Waals surface area (Å²) in [4.78, 5) is 24.9. The van der Waals surface area contributed by atoms with E-state index >= 15 is 0 Å². The van der Waals surface area contributed by atoms with Crippen LogP contribution in [0.1, 0.15) is 39.0 Å². The van der Waals surface area contributed by atoms with Crippen LogP contribution in [0.5, 0.6) is 0 Å². The molecule has 0 aromatic rings. The molecule has 1 saturated heterocycles. The minimum Gasteiger partial charge on any atom is -0.481 e. The number of aliphatic carboxylic acids is 1. The normalized spacial score (nSPS) is 28.9. The molecular formula is C12H17NO3. The number of nitrogens with zero attached hydrogens (tertiary/aromatic N) is 1. The van der Waals surface area contributed by atoms with Gasteiger partial charge in [0.05, 0.1) is 0 Å². The van der Waals surface area contributed by atoms with E-state index in [1.807, 2.05) is 13.0 Å². The van der Waals surface area contributed by atoms with Crippen molar-refractivity contribution >= 4 is 11.9 Å². The van der Waals surface area contributed by atoms with Crippen molar-refractivity contribution in [2.75, 3.05) is 6.54 Å². The van der Waals surface area contributed by atoms with Crippen molar-refractivity contribution in [1.82, 2.24) is 4.90 Å². The molecule has 0 aromatic heterocycles. The fraction of sp³-hybridized carbons (Fsp3) is 0.667. The topological polar surface area (TPSA) is 57.6 Å². The Balaban J connectivity index is 2.34. The van der Waals surface area contributed by atoms with Gasteiger partial charge in [-0.3, -0.25) is 9.59 Å². The Kier molecular flexibility index (Phi) is 2.74. The molecule has 0 spiro atoms. The minimum absolute atomic E-state index is 0.0758. The molecule has 0 bridgehead atoms. The first-order chi connectivity index (χ1) is 7.62. The molecule has 16 heavy (non-hydrogen) atoms. The summed E-state index contributed by atoms with van der Waals surface area (Å²) in [5, 5.41) is 9.39. The second-order valence-corrected chi connectivity index (χ2v) is 4.56. The average molecular weight is 223 g/mol. The lowest BCUT2D eigenvalue weighted by atomic mass is 9.77. The molecule has 4 nitrogen and oxygen atoms in total. The number of allylic oxidation sites excluding steroid dienone is 1. The third-order valence-corrected chi connectivity index (χ3v) is 3.61. The summed E-state index contributed by atoms with van der Waals surface area (Å²) in [6.07, 6.45) is 5.04. The van der Waals surface area contributed by atoms with Gasteiger partial charge < -0.3 is 10.0 Å². The van der Waals surface area contributed by atoms with Crippen LogP contribution in [0.25, 0.3) is 0 Å². The van der Waals surface area contributed by atoms with E-state index in [1.54, 1.807) is 4.90 Å². The molecule has 1 atom stereocenters. The largest absolute Gasteiger partial charge is 0.481 e. The lowest BCUT2D eigenvalue weighted by molar-refractivity contribution is -0.151. The fourth-order valence-electron chi connectivity index (χ4n) is 2.78. The van der Waals surface area contributed by atoms with Crippen molar-refractivity contribution in [1.29, 1.82) is 0 Å². The molecule has 1 aliphatic heterocycles. The molecule has 0 saturated carbocycles. The van der Waals surface area contributed by atoms with Gasteiger partial charge in [0.25, 0.3) is 0 Å². The molecule has 4 heteroatoms. The number of hydrogen-bond acceptors (Lipinski definition) is 2. The highest BCUT2D eigenvalue weighted by Gasteiger charge is 2.50. The monoisotopic (exact) mass is 223 g/mol. The second-order valence-electron chi connectivity index (χ2n) is 4.56. The van der Waals surface area contributed by atoms with E-state index in [0.29, 0.717) is 25.8 Å². The predicted molar refractivity (Wildman–Crippen MR) is 58.6 cm³/mol. The van der Waals surface area contributed by atoms with Crippen LogP contribution in [0.3, 0.4) is 0 Å². The molecule has 1 N–H and O–H groups in total. The number of fused-ring (bicyclic) bond motifs is 1. The maximum atomic E-state index is 11.8. The Hall–Kier alpha value is -1.32. The molecule has 2 rings (SSSR count). The third kappa shape index (κ3) is 1.44. The van der Waals surface area contributed by atoms with Gasteiger partial charge in [0.1, 0.15) is 5.41 Å². The molecule has 0 radical (unpaired) electrons. The Morgan fingerprint density at radius 3 is 2.94 bits per heavy atom. The smallest absolute Gasteiger partial charge is 0.315 e. The maximum Gasteiger partial charge on any atom is 0.315 e. The van der Waals surface area contributed by atoms with Crippen LogP contribution < -0.4 is 0 Å². The number of rotatable bonds is 3. The zero-order valence-electron chi connectivity index (χ0n) is 9.53. The number of hydrogen-bond donors (Lipinski definition) is 1. The molecule has 0 unspecified atom stereocenters. The van der Waals surface area contributed by atoms with Crippen molar-refractivity contribution < 1.29 is 14.7 Å². The number of piperidine rings is 1. The Bertz CT molecular complexity index is 361. The van der Waals surface area contributed by atoms with Crippen molar-refractivity contribution in [2.24, 2.45) is 5.41 Å². The van der Waals surface area contributed by atoms with E-state index in [9.17, 15) is 14.7 Å². The number of carbonyl (C=O) groups is 2. The first kappa shape index (κ1) is 11.2. The summed E-state index contributed by atoms with van der Waals surface area (Å²) in [5.41, 5.74) is -0.0265. The highest BCUT2D eigenvalue weighted by atomic mass is 16.4. The van der Waals surface area contributed by atoms with Gasteiger partial charge in [-0.1, -0.05) is 13.0 Å². The van der Waals surface area contributed by atoms with Crippen molar-refractivity contribution in [3.05, 3.63) is 11.8 Å². The predicted octanol–water partition coefficient (Wildman–Crippen LogP) is 1.77. The number of carboxylic acids is 1. The van der Waals surface area contributed by atoms with Crippen LogP contribution in [0.2, 0.25) is 0 Å². The molecular weight excluding hydrogens is 206 g/mol. The van der Waals surface area contributed by atoms with Crippen molar-refractivity contribution in [3.63, 3.8) is 0 Å². The van der Waals surface area contributed by atoms with Crippen LogP contribution in [-0.4, -0.2) is 28.4 Å². The van der Waals surface area contributed by atoms with Gasteiger partial charge in [-0.05, 0) is 25.7 Å². The minimum atomic E-state index is -0.775. The van der Waals surface area contributed by atoms with E-state index in [2.05, 4.69) is 0 Å². The zero-order valence-corrected chi connectivity index (χ0v) is 9.53. The van der Waals surface area contributed by atoms with Crippen LogP contribution in [0, 0.1) is 5.41 Å². The molecule has 2 aliphatic rings. The van der Waals surface area contributed by atoms with Crippen molar-refractivity contribution in [3.8, 4) is 0 Å².